The van der Waals surface area contributed by atoms with Crippen molar-refractivity contribution < 1.29 is 35.9 Å². The van der Waals surface area contributed by atoms with E-state index in [1.807, 2.05) is 0 Å². The molecule has 0 fully saturated rings. The molecule has 1 aromatic heterocycles. The molecule has 0 radical (unpaired) electrons. The van der Waals surface area contributed by atoms with Crippen molar-refractivity contribution in [1.82, 2.24) is 4.98 Å². The third-order valence-corrected chi connectivity index (χ3v) is 5.50. The first-order valence-electron chi connectivity index (χ1n) is 10.3. The molecule has 12 heteroatoms. The van der Waals surface area contributed by atoms with Crippen LogP contribution in [0, 0.1) is 11.6 Å². The molecular weight excluding hydrogens is 466 g/mol. The molecule has 1 aliphatic heterocycles. The van der Waals surface area contributed by atoms with Gasteiger partial charge in [-0.3, -0.25) is 4.79 Å². The van der Waals surface area contributed by atoms with Gasteiger partial charge in [-0.25, -0.2) is 36.3 Å². The fraction of sp³-hybridized carbons (Fsp3) is 0.409. The van der Waals surface area contributed by atoms with Gasteiger partial charge in [0.2, 0.25) is 5.92 Å². The number of carbonyl (C=O) groups is 1. The van der Waals surface area contributed by atoms with Crippen LogP contribution in [0.3, 0.4) is 0 Å². The van der Waals surface area contributed by atoms with Gasteiger partial charge < -0.3 is 15.8 Å². The Morgan fingerprint density at radius 2 is 1.82 bits per heavy atom. The van der Waals surface area contributed by atoms with Gasteiger partial charge in [0, 0.05) is 30.5 Å². The van der Waals surface area contributed by atoms with Crippen LogP contribution in [0.1, 0.15) is 48.7 Å². The summed E-state index contributed by atoms with van der Waals surface area (Å²) in [4.78, 5) is 19.7. The number of aromatic nitrogens is 1. The zero-order valence-electron chi connectivity index (χ0n) is 18.1. The number of nitrogens with one attached hydrogen (secondary N) is 1. The molecule has 1 aromatic carbocycles. The second kappa shape index (κ2) is 9.51. The van der Waals surface area contributed by atoms with Crippen molar-refractivity contribution in [3.8, 4) is 0 Å². The average molecular weight is 488 g/mol. The molecule has 1 unspecified atom stereocenters. The van der Waals surface area contributed by atoms with E-state index in [4.69, 9.17) is 10.5 Å². The lowest BCUT2D eigenvalue weighted by atomic mass is 9.82. The molecule has 1 atom stereocenters. The number of amides is 1. The Morgan fingerprint density at radius 3 is 2.50 bits per heavy atom. The van der Waals surface area contributed by atoms with Gasteiger partial charge in [-0.05, 0) is 43.7 Å². The Hall–Kier alpha value is -3.31. The van der Waals surface area contributed by atoms with Crippen molar-refractivity contribution in [2.24, 2.45) is 10.7 Å². The zero-order chi connectivity index (χ0) is 25.1. The van der Waals surface area contributed by atoms with Crippen LogP contribution in [0.25, 0.3) is 0 Å². The molecule has 1 amide bonds. The predicted molar refractivity (Wildman–Crippen MR) is 112 cm³/mol. The monoisotopic (exact) mass is 488 g/mol. The summed E-state index contributed by atoms with van der Waals surface area (Å²) in [6, 6.07) is 4.20. The molecule has 6 nitrogen and oxygen atoms in total. The highest BCUT2D eigenvalue weighted by molar-refractivity contribution is 6.02. The fourth-order valence-corrected chi connectivity index (χ4v) is 3.49. The van der Waals surface area contributed by atoms with E-state index in [9.17, 15) is 22.4 Å². The summed E-state index contributed by atoms with van der Waals surface area (Å²) in [5, 5.41) is 2.35. The summed E-state index contributed by atoms with van der Waals surface area (Å²) in [6.45, 7) is 0.570. The molecule has 2 aromatic rings. The third kappa shape index (κ3) is 5.60. The van der Waals surface area contributed by atoms with Gasteiger partial charge in [0.1, 0.15) is 17.3 Å². The Kier molecular flexibility index (Phi) is 7.08. The van der Waals surface area contributed by atoms with Crippen LogP contribution in [-0.2, 0) is 10.3 Å². The number of amidine groups is 1. The lowest BCUT2D eigenvalue weighted by Crippen LogP contribution is -2.44. The smallest absolute Gasteiger partial charge is 0.283 e. The summed E-state index contributed by atoms with van der Waals surface area (Å²) in [7, 11) is 0. The first-order valence-corrected chi connectivity index (χ1v) is 10.3. The standard InChI is InChI=1S/C22H22F6N4O2/c1-20(22(27,28)9-8-21(25,26)7-2-10-34-19(29)32-20)15-11-14(4-5-16(15)24)31-18(33)17-6-3-13(23)12-30-17/h3-6,11-12H,2,7-10H2,1H3,(H2,29,32)(H,31,33). The predicted octanol–water partition coefficient (Wildman–Crippen LogP) is 5.00. The lowest BCUT2D eigenvalue weighted by molar-refractivity contribution is -0.106. The van der Waals surface area contributed by atoms with E-state index in [2.05, 4.69) is 15.3 Å². The van der Waals surface area contributed by atoms with Gasteiger partial charge in [-0.15, -0.1) is 0 Å². The van der Waals surface area contributed by atoms with Crippen LogP contribution in [-0.4, -0.2) is 35.4 Å². The average Bonchev–Trinajstić information content (AvgIpc) is 2.77. The minimum atomic E-state index is -3.98. The second-order valence-electron chi connectivity index (χ2n) is 8.05. The van der Waals surface area contributed by atoms with E-state index in [0.29, 0.717) is 0 Å². The van der Waals surface area contributed by atoms with Crippen molar-refractivity contribution in [3.05, 3.63) is 59.4 Å². The molecular formula is C22H22F6N4O2. The quantitative estimate of drug-likeness (QED) is 0.595. The fourth-order valence-electron chi connectivity index (χ4n) is 3.49. The summed E-state index contributed by atoms with van der Waals surface area (Å²) < 4.78 is 91.7. The summed E-state index contributed by atoms with van der Waals surface area (Å²) in [5.41, 5.74) is 1.88. The first kappa shape index (κ1) is 25.3. The Bertz CT molecular complexity index is 1080. The van der Waals surface area contributed by atoms with Gasteiger partial charge in [0.25, 0.3) is 17.9 Å². The number of alkyl halides is 4. The topological polar surface area (TPSA) is 89.6 Å². The molecule has 0 saturated carbocycles. The second-order valence-corrected chi connectivity index (χ2v) is 8.05. The number of ether oxygens (including phenoxy) is 1. The number of nitrogens with two attached hydrogens (primary N) is 1. The zero-order valence-corrected chi connectivity index (χ0v) is 18.1. The van der Waals surface area contributed by atoms with Crippen LogP contribution in [0.4, 0.5) is 32.0 Å². The maximum absolute atomic E-state index is 15.4. The number of hydrogen-bond acceptors (Lipinski definition) is 5. The SMILES string of the molecule is CC1(c2cc(NC(=O)c3ccc(F)cn3)ccc2F)N=C(N)OCCCC(F)(F)CCC1(F)F. The number of rotatable bonds is 3. The maximum Gasteiger partial charge on any atom is 0.283 e. The number of nitrogens with zero attached hydrogens (tertiary/aromatic N) is 2. The number of hydrogen-bond donors (Lipinski definition) is 2. The Morgan fingerprint density at radius 1 is 1.09 bits per heavy atom. The number of halogens is 6. The van der Waals surface area contributed by atoms with E-state index in [1.165, 1.54) is 0 Å². The molecule has 0 aliphatic carbocycles. The highest BCUT2D eigenvalue weighted by atomic mass is 19.3. The molecule has 184 valence electrons. The molecule has 0 saturated heterocycles. The third-order valence-electron chi connectivity index (χ3n) is 5.50. The van der Waals surface area contributed by atoms with Crippen LogP contribution in [0.15, 0.2) is 41.5 Å². The minimum Gasteiger partial charge on any atom is -0.465 e. The summed E-state index contributed by atoms with van der Waals surface area (Å²) in [5.74, 6) is -9.98. The summed E-state index contributed by atoms with van der Waals surface area (Å²) >= 11 is 0. The van der Waals surface area contributed by atoms with E-state index < -0.39 is 65.8 Å². The van der Waals surface area contributed by atoms with Crippen molar-refractivity contribution >= 4 is 17.6 Å². The van der Waals surface area contributed by atoms with Gasteiger partial charge in [0.05, 0.1) is 12.8 Å². The Balaban J connectivity index is 2.02. The molecule has 0 bridgehead atoms. The van der Waals surface area contributed by atoms with Crippen LogP contribution < -0.4 is 11.1 Å². The number of pyridine rings is 1. The number of carbonyl (C=O) groups excluding carboxylic acids is 1. The normalized spacial score (nSPS) is 22.6. The molecule has 0 spiro atoms. The lowest BCUT2D eigenvalue weighted by Gasteiger charge is -2.35. The highest BCUT2D eigenvalue weighted by Gasteiger charge is 2.54. The maximum atomic E-state index is 15.4. The van der Waals surface area contributed by atoms with Gasteiger partial charge in [-0.2, -0.15) is 0 Å². The first-order chi connectivity index (χ1) is 15.8. The largest absolute Gasteiger partial charge is 0.465 e. The van der Waals surface area contributed by atoms with Gasteiger partial charge in [-0.1, -0.05) is 0 Å². The van der Waals surface area contributed by atoms with E-state index >= 15 is 8.78 Å². The van der Waals surface area contributed by atoms with Crippen molar-refractivity contribution in [1.29, 1.82) is 0 Å². The van der Waals surface area contributed by atoms with Crippen LogP contribution in [0.2, 0.25) is 0 Å². The van der Waals surface area contributed by atoms with Crippen LogP contribution in [0.5, 0.6) is 0 Å². The van der Waals surface area contributed by atoms with Crippen LogP contribution >= 0.6 is 0 Å². The van der Waals surface area contributed by atoms with E-state index in [1.54, 1.807) is 0 Å². The van der Waals surface area contributed by atoms with Gasteiger partial charge >= 0.3 is 0 Å². The molecule has 3 N–H and O–H groups in total. The van der Waals surface area contributed by atoms with Crippen molar-refractivity contribution in [2.75, 3.05) is 11.9 Å². The molecule has 2 heterocycles. The molecule has 3 rings (SSSR count). The number of anilines is 1. The number of benzene rings is 1. The number of aliphatic imine (C=N–C) groups is 1. The molecule has 1 aliphatic rings. The van der Waals surface area contributed by atoms with Gasteiger partial charge in [0.15, 0.2) is 5.54 Å². The minimum absolute atomic E-state index is 0.112. The molecule has 34 heavy (non-hydrogen) atoms. The summed E-state index contributed by atoms with van der Waals surface area (Å²) in [6.07, 6.45) is -2.47. The Labute approximate surface area is 191 Å². The van der Waals surface area contributed by atoms with Crippen molar-refractivity contribution in [2.45, 2.75) is 50.0 Å². The highest BCUT2D eigenvalue weighted by Crippen LogP contribution is 2.47. The van der Waals surface area contributed by atoms with Crippen molar-refractivity contribution in [3.63, 3.8) is 0 Å². The van der Waals surface area contributed by atoms with E-state index in [-0.39, 0.29) is 24.4 Å². The van der Waals surface area contributed by atoms with E-state index in [0.717, 1.165) is 43.5 Å².